The van der Waals surface area contributed by atoms with Crippen LogP contribution in [0.1, 0.15) is 20.8 Å². The zero-order chi connectivity index (χ0) is 13.3. The first kappa shape index (κ1) is 13.3. The maximum Gasteiger partial charge on any atom is 0.251 e. The van der Waals surface area contributed by atoms with E-state index in [-0.39, 0.29) is 11.8 Å². The lowest BCUT2D eigenvalue weighted by Crippen LogP contribution is -2.27. The summed E-state index contributed by atoms with van der Waals surface area (Å²) in [6.07, 6.45) is 0.775. The van der Waals surface area contributed by atoms with Crippen molar-refractivity contribution in [2.75, 3.05) is 24.8 Å². The largest absolute Gasteiger partial charge is 0.365 e. The van der Waals surface area contributed by atoms with Crippen molar-refractivity contribution in [1.82, 2.24) is 4.90 Å². The Balaban J connectivity index is 2.40. The number of thiophene rings is 1. The quantitative estimate of drug-likeness (QED) is 0.815. The highest BCUT2D eigenvalue weighted by Gasteiger charge is 2.26. The number of carbonyl (C=O) groups is 2. The first-order valence-corrected chi connectivity index (χ1v) is 6.86. The SMILES string of the molecule is CN1CCc2c(sc(NC(=O)CCl)c2C(N)=O)C1. The summed E-state index contributed by atoms with van der Waals surface area (Å²) in [5.41, 5.74) is 6.82. The van der Waals surface area contributed by atoms with Crippen molar-refractivity contribution >= 4 is 39.8 Å². The predicted octanol–water partition coefficient (Wildman–Crippen LogP) is 1.01. The molecule has 0 bridgehead atoms. The Bertz CT molecular complexity index is 501. The second kappa shape index (κ2) is 5.26. The van der Waals surface area contributed by atoms with Gasteiger partial charge in [-0.05, 0) is 19.0 Å². The van der Waals surface area contributed by atoms with Crippen LogP contribution in [-0.2, 0) is 17.8 Å². The van der Waals surface area contributed by atoms with Crippen LogP contribution in [0, 0.1) is 0 Å². The summed E-state index contributed by atoms with van der Waals surface area (Å²) in [7, 11) is 2.02. The molecule has 0 fully saturated rings. The van der Waals surface area contributed by atoms with Crippen molar-refractivity contribution in [3.8, 4) is 0 Å². The van der Waals surface area contributed by atoms with Gasteiger partial charge in [0.15, 0.2) is 0 Å². The van der Waals surface area contributed by atoms with Gasteiger partial charge in [-0.25, -0.2) is 0 Å². The highest BCUT2D eigenvalue weighted by molar-refractivity contribution is 7.17. The van der Waals surface area contributed by atoms with E-state index in [0.717, 1.165) is 30.0 Å². The molecule has 18 heavy (non-hydrogen) atoms. The van der Waals surface area contributed by atoms with Crippen molar-refractivity contribution in [3.63, 3.8) is 0 Å². The fourth-order valence-electron chi connectivity index (χ4n) is 2.04. The van der Waals surface area contributed by atoms with Crippen LogP contribution >= 0.6 is 22.9 Å². The van der Waals surface area contributed by atoms with Crippen LogP contribution in [0.15, 0.2) is 0 Å². The summed E-state index contributed by atoms with van der Waals surface area (Å²) in [6.45, 7) is 1.66. The van der Waals surface area contributed by atoms with Crippen molar-refractivity contribution in [1.29, 1.82) is 0 Å². The number of nitrogens with two attached hydrogens (primary N) is 1. The summed E-state index contributed by atoms with van der Waals surface area (Å²) in [4.78, 5) is 26.1. The number of nitrogens with one attached hydrogen (secondary N) is 1. The second-order valence-corrected chi connectivity index (χ2v) is 5.61. The molecule has 7 heteroatoms. The maximum absolute atomic E-state index is 11.5. The van der Waals surface area contributed by atoms with Gasteiger partial charge < -0.3 is 16.0 Å². The predicted molar refractivity (Wildman–Crippen MR) is 72.2 cm³/mol. The zero-order valence-electron chi connectivity index (χ0n) is 9.96. The van der Waals surface area contributed by atoms with Crippen LogP contribution in [-0.4, -0.2) is 36.2 Å². The molecular formula is C11H14ClN3O2S. The first-order chi connectivity index (χ1) is 8.52. The van der Waals surface area contributed by atoms with Crippen LogP contribution in [0.4, 0.5) is 5.00 Å². The van der Waals surface area contributed by atoms with Gasteiger partial charge in [-0.15, -0.1) is 22.9 Å². The number of nitrogens with zero attached hydrogens (tertiary/aromatic N) is 1. The van der Waals surface area contributed by atoms with E-state index >= 15 is 0 Å². The Hall–Kier alpha value is -1.11. The van der Waals surface area contributed by atoms with Crippen molar-refractivity contribution < 1.29 is 9.59 Å². The Kier molecular flexibility index (Phi) is 3.89. The maximum atomic E-state index is 11.5. The lowest BCUT2D eigenvalue weighted by atomic mass is 10.0. The van der Waals surface area contributed by atoms with Crippen molar-refractivity contribution in [3.05, 3.63) is 16.0 Å². The molecule has 1 aliphatic heterocycles. The van der Waals surface area contributed by atoms with E-state index in [4.69, 9.17) is 17.3 Å². The Morgan fingerprint density at radius 1 is 1.56 bits per heavy atom. The summed E-state index contributed by atoms with van der Waals surface area (Å²) < 4.78 is 0. The molecule has 0 saturated carbocycles. The molecule has 0 atom stereocenters. The normalized spacial score (nSPS) is 15.2. The number of hydrogen-bond acceptors (Lipinski definition) is 4. The molecule has 0 aliphatic carbocycles. The number of fused-ring (bicyclic) bond motifs is 1. The molecule has 0 saturated heterocycles. The third kappa shape index (κ3) is 2.50. The number of primary amides is 1. The standard InChI is InChI=1S/C11H14ClN3O2S/c1-15-3-2-6-7(5-15)18-11(9(6)10(13)17)14-8(16)4-12/h2-5H2,1H3,(H2,13,17)(H,14,16). The number of rotatable bonds is 3. The van der Waals surface area contributed by atoms with Gasteiger partial charge in [-0.3, -0.25) is 9.59 Å². The smallest absolute Gasteiger partial charge is 0.251 e. The van der Waals surface area contributed by atoms with Crippen LogP contribution < -0.4 is 11.1 Å². The third-order valence-corrected chi connectivity index (χ3v) is 4.24. The molecule has 0 unspecified atom stereocenters. The van der Waals surface area contributed by atoms with E-state index in [2.05, 4.69) is 10.2 Å². The van der Waals surface area contributed by atoms with Gasteiger partial charge in [0.05, 0.1) is 5.56 Å². The van der Waals surface area contributed by atoms with Gasteiger partial charge in [0.2, 0.25) is 5.91 Å². The fourth-order valence-corrected chi connectivity index (χ4v) is 3.46. The van der Waals surface area contributed by atoms with Crippen LogP contribution in [0.2, 0.25) is 0 Å². The van der Waals surface area contributed by atoms with E-state index in [0.29, 0.717) is 10.6 Å². The molecule has 98 valence electrons. The van der Waals surface area contributed by atoms with Gasteiger partial charge in [0.25, 0.3) is 5.91 Å². The topological polar surface area (TPSA) is 75.4 Å². The molecule has 1 aromatic heterocycles. The molecule has 1 aliphatic rings. The summed E-state index contributed by atoms with van der Waals surface area (Å²) in [6, 6.07) is 0. The number of amides is 2. The van der Waals surface area contributed by atoms with E-state index < -0.39 is 5.91 Å². The number of halogens is 1. The van der Waals surface area contributed by atoms with Crippen molar-refractivity contribution in [2.24, 2.45) is 5.73 Å². The number of hydrogen-bond donors (Lipinski definition) is 2. The Labute approximate surface area is 114 Å². The van der Waals surface area contributed by atoms with Crippen LogP contribution in [0.25, 0.3) is 0 Å². The fraction of sp³-hybridized carbons (Fsp3) is 0.455. The first-order valence-electron chi connectivity index (χ1n) is 5.51. The number of likely N-dealkylation sites (N-methyl/N-ethyl adjacent to an activating group) is 1. The molecule has 1 aromatic rings. The number of alkyl halides is 1. The lowest BCUT2D eigenvalue weighted by Gasteiger charge is -2.22. The van der Waals surface area contributed by atoms with Crippen LogP contribution in [0.5, 0.6) is 0 Å². The van der Waals surface area contributed by atoms with E-state index in [1.165, 1.54) is 11.3 Å². The molecule has 2 heterocycles. The van der Waals surface area contributed by atoms with Crippen molar-refractivity contribution in [2.45, 2.75) is 13.0 Å². The third-order valence-electron chi connectivity index (χ3n) is 2.87. The number of carbonyl (C=O) groups excluding carboxylic acids is 2. The molecular weight excluding hydrogens is 274 g/mol. The number of anilines is 1. The minimum Gasteiger partial charge on any atom is -0.365 e. The minimum absolute atomic E-state index is 0.138. The Morgan fingerprint density at radius 3 is 2.89 bits per heavy atom. The molecule has 0 radical (unpaired) electrons. The van der Waals surface area contributed by atoms with Gasteiger partial charge in [-0.1, -0.05) is 0 Å². The average Bonchev–Trinajstić information content (AvgIpc) is 2.65. The highest BCUT2D eigenvalue weighted by atomic mass is 35.5. The molecule has 0 spiro atoms. The Morgan fingerprint density at radius 2 is 2.28 bits per heavy atom. The van der Waals surface area contributed by atoms with E-state index in [1.54, 1.807) is 0 Å². The highest BCUT2D eigenvalue weighted by Crippen LogP contribution is 2.36. The molecule has 2 rings (SSSR count). The average molecular weight is 288 g/mol. The summed E-state index contributed by atoms with van der Waals surface area (Å²) in [5.74, 6) is -0.964. The summed E-state index contributed by atoms with van der Waals surface area (Å²) in [5, 5.41) is 3.16. The van der Waals surface area contributed by atoms with Crippen LogP contribution in [0.3, 0.4) is 0 Å². The molecule has 3 N–H and O–H groups in total. The van der Waals surface area contributed by atoms with Gasteiger partial charge in [-0.2, -0.15) is 0 Å². The van der Waals surface area contributed by atoms with E-state index in [1.807, 2.05) is 7.05 Å². The molecule has 2 amide bonds. The lowest BCUT2D eigenvalue weighted by molar-refractivity contribution is -0.113. The van der Waals surface area contributed by atoms with Gasteiger partial charge in [0.1, 0.15) is 10.9 Å². The molecule has 5 nitrogen and oxygen atoms in total. The second-order valence-electron chi connectivity index (χ2n) is 4.24. The monoisotopic (exact) mass is 287 g/mol. The zero-order valence-corrected chi connectivity index (χ0v) is 11.5. The van der Waals surface area contributed by atoms with Gasteiger partial charge in [0, 0.05) is 18.0 Å². The summed E-state index contributed by atoms with van der Waals surface area (Å²) >= 11 is 6.86. The molecule has 0 aromatic carbocycles. The van der Waals surface area contributed by atoms with E-state index in [9.17, 15) is 9.59 Å². The minimum atomic E-state index is -0.498. The van der Waals surface area contributed by atoms with Gasteiger partial charge >= 0.3 is 0 Å².